The van der Waals surface area contributed by atoms with Crippen LogP contribution in [0.4, 0.5) is 0 Å². The number of nitrogens with zero attached hydrogens (tertiary/aromatic N) is 1. The lowest BCUT2D eigenvalue weighted by Gasteiger charge is -2.16. The molecule has 92 valence electrons. The van der Waals surface area contributed by atoms with Crippen LogP contribution >= 0.6 is 0 Å². The molecule has 0 radical (unpaired) electrons. The van der Waals surface area contributed by atoms with Gasteiger partial charge in [0.2, 0.25) is 0 Å². The molecule has 0 saturated heterocycles. The molecular formula is C16H17NO. The van der Waals surface area contributed by atoms with E-state index in [1.54, 1.807) is 0 Å². The molecule has 2 aromatic rings. The predicted octanol–water partition coefficient (Wildman–Crippen LogP) is 3.77. The number of hydrogen-bond acceptors (Lipinski definition) is 2. The number of hydrogen-bond donors (Lipinski definition) is 0. The van der Waals surface area contributed by atoms with Crippen molar-refractivity contribution in [2.75, 3.05) is 6.61 Å². The van der Waals surface area contributed by atoms with Gasteiger partial charge in [0.25, 0.3) is 0 Å². The molecule has 0 fully saturated rings. The van der Waals surface area contributed by atoms with E-state index < -0.39 is 0 Å². The molecule has 2 heteroatoms. The highest BCUT2D eigenvalue weighted by Gasteiger charge is 2.18. The van der Waals surface area contributed by atoms with Crippen LogP contribution in [0.5, 0.6) is 0 Å². The van der Waals surface area contributed by atoms with Crippen LogP contribution in [-0.2, 0) is 11.2 Å². The SMILES string of the molecule is C[C@H]1OCCCc2c(-c3cccnc3)cccc21. The van der Waals surface area contributed by atoms with Crippen LogP contribution in [0.3, 0.4) is 0 Å². The molecule has 18 heavy (non-hydrogen) atoms. The van der Waals surface area contributed by atoms with Gasteiger partial charge in [-0.2, -0.15) is 0 Å². The summed E-state index contributed by atoms with van der Waals surface area (Å²) in [7, 11) is 0. The van der Waals surface area contributed by atoms with E-state index in [0.717, 1.165) is 19.4 Å². The Labute approximate surface area is 108 Å². The molecule has 0 amide bonds. The molecule has 1 aromatic heterocycles. The van der Waals surface area contributed by atoms with E-state index in [0.29, 0.717) is 0 Å². The van der Waals surface area contributed by atoms with Crippen molar-refractivity contribution < 1.29 is 4.74 Å². The van der Waals surface area contributed by atoms with Crippen molar-refractivity contribution in [3.05, 3.63) is 53.9 Å². The van der Waals surface area contributed by atoms with E-state index >= 15 is 0 Å². The largest absolute Gasteiger partial charge is 0.374 e. The highest BCUT2D eigenvalue weighted by molar-refractivity contribution is 5.68. The van der Waals surface area contributed by atoms with Crippen LogP contribution in [0.15, 0.2) is 42.7 Å². The minimum Gasteiger partial charge on any atom is -0.374 e. The van der Waals surface area contributed by atoms with E-state index in [-0.39, 0.29) is 6.10 Å². The molecule has 0 bridgehead atoms. The summed E-state index contributed by atoms with van der Waals surface area (Å²) in [4.78, 5) is 4.22. The Kier molecular flexibility index (Phi) is 3.11. The Hall–Kier alpha value is -1.67. The first-order valence-corrected chi connectivity index (χ1v) is 6.50. The summed E-state index contributed by atoms with van der Waals surface area (Å²) < 4.78 is 5.80. The topological polar surface area (TPSA) is 22.1 Å². The third kappa shape index (κ3) is 2.04. The van der Waals surface area contributed by atoms with Gasteiger partial charge in [-0.05, 0) is 42.5 Å². The summed E-state index contributed by atoms with van der Waals surface area (Å²) in [5.74, 6) is 0. The Morgan fingerprint density at radius 1 is 1.22 bits per heavy atom. The maximum atomic E-state index is 5.80. The van der Waals surface area contributed by atoms with Crippen molar-refractivity contribution in [2.24, 2.45) is 0 Å². The summed E-state index contributed by atoms with van der Waals surface area (Å²) in [5, 5.41) is 0. The van der Waals surface area contributed by atoms with Gasteiger partial charge < -0.3 is 4.74 Å². The average molecular weight is 239 g/mol. The second-order valence-electron chi connectivity index (χ2n) is 4.73. The molecule has 0 saturated carbocycles. The zero-order chi connectivity index (χ0) is 12.4. The number of benzene rings is 1. The third-order valence-corrected chi connectivity index (χ3v) is 3.56. The van der Waals surface area contributed by atoms with Gasteiger partial charge in [0.05, 0.1) is 6.10 Å². The fraction of sp³-hybridized carbons (Fsp3) is 0.312. The van der Waals surface area contributed by atoms with Gasteiger partial charge in [-0.1, -0.05) is 24.3 Å². The van der Waals surface area contributed by atoms with Gasteiger partial charge >= 0.3 is 0 Å². The molecule has 2 heterocycles. The molecule has 1 atom stereocenters. The maximum Gasteiger partial charge on any atom is 0.0799 e. The number of rotatable bonds is 1. The normalized spacial score (nSPS) is 19.1. The molecule has 0 spiro atoms. The van der Waals surface area contributed by atoms with Crippen molar-refractivity contribution in [1.29, 1.82) is 0 Å². The van der Waals surface area contributed by atoms with Crippen molar-refractivity contribution >= 4 is 0 Å². The zero-order valence-corrected chi connectivity index (χ0v) is 10.6. The first-order valence-electron chi connectivity index (χ1n) is 6.50. The summed E-state index contributed by atoms with van der Waals surface area (Å²) in [6.07, 6.45) is 6.13. The van der Waals surface area contributed by atoms with Crippen molar-refractivity contribution in [3.8, 4) is 11.1 Å². The summed E-state index contributed by atoms with van der Waals surface area (Å²) in [6, 6.07) is 10.6. The van der Waals surface area contributed by atoms with E-state index in [1.807, 2.05) is 18.5 Å². The summed E-state index contributed by atoms with van der Waals surface area (Å²) >= 11 is 0. The van der Waals surface area contributed by atoms with Crippen LogP contribution in [0.2, 0.25) is 0 Å². The van der Waals surface area contributed by atoms with E-state index in [4.69, 9.17) is 4.74 Å². The van der Waals surface area contributed by atoms with E-state index in [9.17, 15) is 0 Å². The molecule has 2 nitrogen and oxygen atoms in total. The fourth-order valence-corrected chi connectivity index (χ4v) is 2.66. The predicted molar refractivity (Wildman–Crippen MR) is 72.4 cm³/mol. The number of aromatic nitrogens is 1. The smallest absolute Gasteiger partial charge is 0.0799 e. The van der Waals surface area contributed by atoms with Gasteiger partial charge in [0.15, 0.2) is 0 Å². The molecule has 3 rings (SSSR count). The molecule has 0 N–H and O–H groups in total. The third-order valence-electron chi connectivity index (χ3n) is 3.56. The first kappa shape index (κ1) is 11.4. The number of pyridine rings is 1. The molecule has 0 aliphatic carbocycles. The van der Waals surface area contributed by atoms with Crippen LogP contribution in [0, 0.1) is 0 Å². The number of fused-ring (bicyclic) bond motifs is 1. The molecule has 1 aliphatic heterocycles. The Bertz CT molecular complexity index is 536. The van der Waals surface area contributed by atoms with Gasteiger partial charge in [0, 0.05) is 24.6 Å². The second-order valence-corrected chi connectivity index (χ2v) is 4.73. The quantitative estimate of drug-likeness (QED) is 0.755. The standard InChI is InChI=1S/C16H17NO/c1-12-14-6-2-7-15(13-5-3-9-17-11-13)16(14)8-4-10-18-12/h2-3,5-7,9,11-12H,4,8,10H2,1H3/t12-/m1/s1. The van der Waals surface area contributed by atoms with E-state index in [2.05, 4.69) is 36.2 Å². The molecule has 0 unspecified atom stereocenters. The van der Waals surface area contributed by atoms with Crippen LogP contribution in [-0.4, -0.2) is 11.6 Å². The minimum absolute atomic E-state index is 0.194. The number of ether oxygens (including phenoxy) is 1. The molecule has 1 aliphatic rings. The maximum absolute atomic E-state index is 5.80. The highest BCUT2D eigenvalue weighted by atomic mass is 16.5. The fourth-order valence-electron chi connectivity index (χ4n) is 2.66. The first-order chi connectivity index (χ1) is 8.86. The summed E-state index contributed by atoms with van der Waals surface area (Å²) in [5.41, 5.74) is 5.26. The van der Waals surface area contributed by atoms with Gasteiger partial charge in [-0.25, -0.2) is 0 Å². The van der Waals surface area contributed by atoms with Crippen molar-refractivity contribution in [2.45, 2.75) is 25.9 Å². The van der Waals surface area contributed by atoms with Gasteiger partial charge in [0.1, 0.15) is 0 Å². The van der Waals surface area contributed by atoms with Crippen molar-refractivity contribution in [3.63, 3.8) is 0 Å². The lowest BCUT2D eigenvalue weighted by molar-refractivity contribution is 0.0699. The highest BCUT2D eigenvalue weighted by Crippen LogP contribution is 2.33. The van der Waals surface area contributed by atoms with Crippen molar-refractivity contribution in [1.82, 2.24) is 4.98 Å². The zero-order valence-electron chi connectivity index (χ0n) is 10.6. The van der Waals surface area contributed by atoms with Gasteiger partial charge in [-0.15, -0.1) is 0 Å². The van der Waals surface area contributed by atoms with Crippen LogP contribution in [0.1, 0.15) is 30.6 Å². The minimum atomic E-state index is 0.194. The monoisotopic (exact) mass is 239 g/mol. The van der Waals surface area contributed by atoms with E-state index in [1.165, 1.54) is 22.3 Å². The Morgan fingerprint density at radius 2 is 2.17 bits per heavy atom. The molecule has 1 aromatic carbocycles. The Morgan fingerprint density at radius 3 is 3.00 bits per heavy atom. The Balaban J connectivity index is 2.14. The van der Waals surface area contributed by atoms with Crippen LogP contribution < -0.4 is 0 Å². The lowest BCUT2D eigenvalue weighted by Crippen LogP contribution is -2.00. The molecular weight excluding hydrogens is 222 g/mol. The average Bonchev–Trinajstić information content (AvgIpc) is 2.62. The van der Waals surface area contributed by atoms with Gasteiger partial charge in [-0.3, -0.25) is 4.98 Å². The van der Waals surface area contributed by atoms with Crippen LogP contribution in [0.25, 0.3) is 11.1 Å². The second kappa shape index (κ2) is 4.91. The summed E-state index contributed by atoms with van der Waals surface area (Å²) in [6.45, 7) is 2.99. The lowest BCUT2D eigenvalue weighted by atomic mass is 9.92.